The van der Waals surface area contributed by atoms with Gasteiger partial charge in [0.1, 0.15) is 10.7 Å². The highest BCUT2D eigenvalue weighted by molar-refractivity contribution is 7.17. The quantitative estimate of drug-likeness (QED) is 0.945. The highest BCUT2D eigenvalue weighted by Crippen LogP contribution is 2.32. The summed E-state index contributed by atoms with van der Waals surface area (Å²) in [5.41, 5.74) is 1.30. The summed E-state index contributed by atoms with van der Waals surface area (Å²) in [4.78, 5) is 18.8. The molecule has 1 amide bonds. The fourth-order valence-corrected chi connectivity index (χ4v) is 3.17. The molecule has 1 aliphatic heterocycles. The fraction of sp³-hybridized carbons (Fsp3) is 0.286. The minimum atomic E-state index is -0.240. The van der Waals surface area contributed by atoms with Gasteiger partial charge in [-0.3, -0.25) is 4.79 Å². The Hall–Kier alpha value is -1.95. The summed E-state index contributed by atoms with van der Waals surface area (Å²) < 4.78 is 13.7. The van der Waals surface area contributed by atoms with Crippen LogP contribution in [0, 0.1) is 5.82 Å². The Bertz CT molecular complexity index is 656. The van der Waals surface area contributed by atoms with E-state index in [0.29, 0.717) is 29.1 Å². The number of amides is 1. The smallest absolute Gasteiger partial charge is 0.270 e. The number of hydrogen-bond acceptors (Lipinski definition) is 4. The Labute approximate surface area is 120 Å². The van der Waals surface area contributed by atoms with Gasteiger partial charge in [-0.25, -0.2) is 9.37 Å². The molecule has 1 aliphatic rings. The molecular weight excluding hydrogens is 277 g/mol. The maximum absolute atomic E-state index is 13.7. The van der Waals surface area contributed by atoms with Gasteiger partial charge in [-0.05, 0) is 25.5 Å². The Morgan fingerprint density at radius 1 is 1.55 bits per heavy atom. The molecule has 0 saturated heterocycles. The largest absolute Gasteiger partial charge is 0.362 e. The van der Waals surface area contributed by atoms with Crippen LogP contribution in [0.4, 0.5) is 15.2 Å². The molecule has 1 aromatic heterocycles. The van der Waals surface area contributed by atoms with E-state index in [2.05, 4.69) is 10.3 Å². The van der Waals surface area contributed by atoms with Gasteiger partial charge in [0, 0.05) is 18.7 Å². The number of aromatic nitrogens is 1. The number of carbonyl (C=O) groups excluding carboxylic acids is 1. The van der Waals surface area contributed by atoms with Gasteiger partial charge in [0.15, 0.2) is 5.13 Å². The van der Waals surface area contributed by atoms with E-state index in [1.165, 1.54) is 17.4 Å². The molecule has 2 heterocycles. The first kappa shape index (κ1) is 13.1. The maximum Gasteiger partial charge on any atom is 0.270 e. The van der Waals surface area contributed by atoms with E-state index in [-0.39, 0.29) is 11.7 Å². The van der Waals surface area contributed by atoms with Gasteiger partial charge in [-0.1, -0.05) is 17.4 Å². The lowest BCUT2D eigenvalue weighted by Crippen LogP contribution is -2.28. The molecule has 3 rings (SSSR count). The predicted octanol–water partition coefficient (Wildman–Crippen LogP) is 2.92. The molecule has 104 valence electrons. The van der Waals surface area contributed by atoms with Gasteiger partial charge in [0.05, 0.1) is 11.9 Å². The fourth-order valence-electron chi connectivity index (χ4n) is 2.34. The van der Waals surface area contributed by atoms with Crippen molar-refractivity contribution in [1.82, 2.24) is 4.98 Å². The molecule has 1 aromatic carbocycles. The van der Waals surface area contributed by atoms with E-state index in [9.17, 15) is 9.18 Å². The predicted molar refractivity (Wildman–Crippen MR) is 78.1 cm³/mol. The van der Waals surface area contributed by atoms with Gasteiger partial charge >= 0.3 is 0 Å². The number of nitrogens with one attached hydrogen (secondary N) is 1. The second kappa shape index (κ2) is 5.20. The Kier molecular flexibility index (Phi) is 3.40. The number of benzene rings is 1. The summed E-state index contributed by atoms with van der Waals surface area (Å²) >= 11 is 1.32. The topological polar surface area (TPSA) is 45.2 Å². The van der Waals surface area contributed by atoms with Gasteiger partial charge in [-0.2, -0.15) is 0 Å². The van der Waals surface area contributed by atoms with Crippen molar-refractivity contribution in [2.75, 3.05) is 23.3 Å². The molecule has 4 nitrogen and oxygen atoms in total. The number of carbonyl (C=O) groups is 1. The first-order chi connectivity index (χ1) is 9.70. The molecule has 0 bridgehead atoms. The van der Waals surface area contributed by atoms with E-state index in [4.69, 9.17) is 0 Å². The van der Waals surface area contributed by atoms with Crippen molar-refractivity contribution in [1.29, 1.82) is 0 Å². The molecule has 0 atom stereocenters. The monoisotopic (exact) mass is 291 g/mol. The van der Waals surface area contributed by atoms with Crippen LogP contribution < -0.4 is 10.2 Å². The third-order valence-corrected chi connectivity index (χ3v) is 4.20. The van der Waals surface area contributed by atoms with Crippen molar-refractivity contribution in [2.45, 2.75) is 13.3 Å². The van der Waals surface area contributed by atoms with Crippen LogP contribution in [0.15, 0.2) is 24.4 Å². The number of hydrogen-bond donors (Lipinski definition) is 1. The van der Waals surface area contributed by atoms with E-state index in [0.717, 1.165) is 11.7 Å². The summed E-state index contributed by atoms with van der Waals surface area (Å²) in [6.07, 6.45) is 2.13. The van der Waals surface area contributed by atoms with Gasteiger partial charge < -0.3 is 10.2 Å². The molecule has 6 heteroatoms. The highest BCUT2D eigenvalue weighted by atomic mass is 32.1. The van der Waals surface area contributed by atoms with Crippen LogP contribution in [-0.2, 0) is 6.42 Å². The van der Waals surface area contributed by atoms with Crippen LogP contribution in [0.3, 0.4) is 0 Å². The molecule has 0 saturated carbocycles. The molecule has 0 radical (unpaired) electrons. The van der Waals surface area contributed by atoms with Crippen LogP contribution in [0.25, 0.3) is 0 Å². The number of fused-ring (bicyclic) bond motifs is 1. The van der Waals surface area contributed by atoms with Crippen LogP contribution >= 0.6 is 11.3 Å². The summed E-state index contributed by atoms with van der Waals surface area (Å²) in [6.45, 7) is 3.25. The number of rotatable bonds is 3. The van der Waals surface area contributed by atoms with E-state index in [1.807, 2.05) is 6.92 Å². The number of thiazole rings is 1. The average molecular weight is 291 g/mol. The molecule has 2 aromatic rings. The van der Waals surface area contributed by atoms with Crippen LogP contribution in [0.5, 0.6) is 0 Å². The van der Waals surface area contributed by atoms with Crippen LogP contribution in [0.1, 0.15) is 22.2 Å². The second-order valence-corrected chi connectivity index (χ2v) is 5.53. The van der Waals surface area contributed by atoms with Crippen molar-refractivity contribution in [3.63, 3.8) is 0 Å². The highest BCUT2D eigenvalue weighted by Gasteiger charge is 2.28. The molecule has 0 aliphatic carbocycles. The molecule has 1 N–H and O–H groups in total. The first-order valence-corrected chi connectivity index (χ1v) is 7.31. The number of nitrogens with zero attached hydrogens (tertiary/aromatic N) is 2. The van der Waals surface area contributed by atoms with Crippen molar-refractivity contribution in [2.24, 2.45) is 0 Å². The molecule has 0 fully saturated rings. The van der Waals surface area contributed by atoms with Crippen molar-refractivity contribution < 1.29 is 9.18 Å². The van der Waals surface area contributed by atoms with Gasteiger partial charge in [0.2, 0.25) is 0 Å². The second-order valence-electron chi connectivity index (χ2n) is 4.50. The third kappa shape index (κ3) is 2.16. The normalized spacial score (nSPS) is 13.4. The summed E-state index contributed by atoms with van der Waals surface area (Å²) in [5.74, 6) is -0.355. The lowest BCUT2D eigenvalue weighted by atomic mass is 10.1. The number of halogens is 1. The zero-order chi connectivity index (χ0) is 14.1. The van der Waals surface area contributed by atoms with E-state index in [1.54, 1.807) is 23.2 Å². The van der Waals surface area contributed by atoms with Crippen molar-refractivity contribution >= 4 is 28.1 Å². The Balaban J connectivity index is 1.87. The molecule has 20 heavy (non-hydrogen) atoms. The third-order valence-electron chi connectivity index (χ3n) is 3.26. The average Bonchev–Trinajstić information content (AvgIpc) is 3.06. The Morgan fingerprint density at radius 2 is 2.40 bits per heavy atom. The van der Waals surface area contributed by atoms with E-state index >= 15 is 0 Å². The summed E-state index contributed by atoms with van der Waals surface area (Å²) in [7, 11) is 0. The Morgan fingerprint density at radius 3 is 3.20 bits per heavy atom. The standard InChI is InChI=1S/C14H14FN3OS/c1-2-16-14-17-8-12(20-14)13(19)18-7-6-9-10(15)4-3-5-11(9)18/h3-5,8H,2,6-7H2,1H3,(H,16,17). The SMILES string of the molecule is CCNc1ncc(C(=O)N2CCc3c(F)cccc32)s1. The van der Waals surface area contributed by atoms with Crippen LogP contribution in [-0.4, -0.2) is 24.0 Å². The van der Waals surface area contributed by atoms with Crippen LogP contribution in [0.2, 0.25) is 0 Å². The molecule has 0 spiro atoms. The van der Waals surface area contributed by atoms with Gasteiger partial charge in [-0.15, -0.1) is 0 Å². The summed E-state index contributed by atoms with van der Waals surface area (Å²) in [6, 6.07) is 4.86. The molecular formula is C14H14FN3OS. The maximum atomic E-state index is 13.7. The number of anilines is 2. The van der Waals surface area contributed by atoms with Gasteiger partial charge in [0.25, 0.3) is 5.91 Å². The first-order valence-electron chi connectivity index (χ1n) is 6.49. The zero-order valence-electron chi connectivity index (χ0n) is 11.0. The van der Waals surface area contributed by atoms with E-state index < -0.39 is 0 Å². The van der Waals surface area contributed by atoms with Crippen molar-refractivity contribution in [3.05, 3.63) is 40.7 Å². The molecule has 0 unspecified atom stereocenters. The minimum Gasteiger partial charge on any atom is -0.362 e. The van der Waals surface area contributed by atoms with Crippen molar-refractivity contribution in [3.8, 4) is 0 Å². The minimum absolute atomic E-state index is 0.115. The summed E-state index contributed by atoms with van der Waals surface area (Å²) in [5, 5.41) is 3.81. The lowest BCUT2D eigenvalue weighted by molar-refractivity contribution is 0.0993. The zero-order valence-corrected chi connectivity index (χ0v) is 11.8. The lowest BCUT2D eigenvalue weighted by Gasteiger charge is -2.15.